The van der Waals surface area contributed by atoms with E-state index in [-0.39, 0.29) is 5.91 Å². The van der Waals surface area contributed by atoms with E-state index in [1.54, 1.807) is 6.07 Å². The van der Waals surface area contributed by atoms with Crippen molar-refractivity contribution >= 4 is 17.9 Å². The first kappa shape index (κ1) is 12.0. The lowest BCUT2D eigenvalue weighted by Crippen LogP contribution is -2.08. The molecule has 1 amide bonds. The van der Waals surface area contributed by atoms with E-state index in [9.17, 15) is 9.59 Å². The van der Waals surface area contributed by atoms with Crippen molar-refractivity contribution in [3.8, 4) is 11.5 Å². The molecule has 0 aliphatic rings. The number of amides is 1. The molecule has 5 heteroatoms. The Hall–Kier alpha value is -2.04. The van der Waals surface area contributed by atoms with Gasteiger partial charge in [0, 0.05) is 18.6 Å². The summed E-state index contributed by atoms with van der Waals surface area (Å²) in [5, 5.41) is 2.54. The molecule has 0 aliphatic carbocycles. The van der Waals surface area contributed by atoms with Crippen LogP contribution >= 0.6 is 0 Å². The molecular weight excluding hydrogens is 210 g/mol. The predicted octanol–water partition coefficient (Wildman–Crippen LogP) is 1.47. The molecule has 0 spiro atoms. The summed E-state index contributed by atoms with van der Waals surface area (Å²) in [7, 11) is 2.96. The molecule has 0 heterocycles. The topological polar surface area (TPSA) is 64.6 Å². The third kappa shape index (κ3) is 2.50. The minimum absolute atomic E-state index is 0.254. The van der Waals surface area contributed by atoms with Gasteiger partial charge in [0.2, 0.25) is 5.91 Å². The second-order valence-electron chi connectivity index (χ2n) is 3.09. The highest BCUT2D eigenvalue weighted by Crippen LogP contribution is 2.32. The monoisotopic (exact) mass is 223 g/mol. The maximum Gasteiger partial charge on any atom is 0.221 e. The van der Waals surface area contributed by atoms with Crippen LogP contribution in [0.1, 0.15) is 17.3 Å². The molecule has 0 radical (unpaired) electrons. The minimum atomic E-state index is -0.254. The molecule has 5 nitrogen and oxygen atoms in total. The van der Waals surface area contributed by atoms with Crippen LogP contribution in [-0.2, 0) is 4.79 Å². The summed E-state index contributed by atoms with van der Waals surface area (Å²) < 4.78 is 10.1. The Balaban J connectivity index is 3.25. The van der Waals surface area contributed by atoms with Crippen LogP contribution in [0.4, 0.5) is 5.69 Å². The number of benzene rings is 1. The molecule has 0 aliphatic heterocycles. The Kier molecular flexibility index (Phi) is 3.88. The van der Waals surface area contributed by atoms with Crippen molar-refractivity contribution in [1.82, 2.24) is 0 Å². The number of ether oxygens (including phenoxy) is 2. The first-order valence-electron chi connectivity index (χ1n) is 4.61. The van der Waals surface area contributed by atoms with Gasteiger partial charge in [0.1, 0.15) is 0 Å². The molecule has 0 saturated heterocycles. The molecule has 1 aromatic carbocycles. The lowest BCUT2D eigenvalue weighted by molar-refractivity contribution is -0.114. The Morgan fingerprint density at radius 1 is 1.25 bits per heavy atom. The maximum atomic E-state index is 10.9. The van der Waals surface area contributed by atoms with Gasteiger partial charge >= 0.3 is 0 Å². The van der Waals surface area contributed by atoms with Gasteiger partial charge in [-0.2, -0.15) is 0 Å². The number of carbonyl (C=O) groups excluding carboxylic acids is 2. The summed E-state index contributed by atoms with van der Waals surface area (Å²) in [5.41, 5.74) is 0.744. The number of anilines is 1. The van der Waals surface area contributed by atoms with Crippen LogP contribution in [0.5, 0.6) is 11.5 Å². The standard InChI is InChI=1S/C11H13NO4/c1-7(14)12-9-5-11(16-3)10(15-2)4-8(9)6-13/h4-6H,1-3H3,(H,12,14). The van der Waals surface area contributed by atoms with Crippen molar-refractivity contribution in [2.45, 2.75) is 6.92 Å². The number of nitrogens with one attached hydrogen (secondary N) is 1. The maximum absolute atomic E-state index is 10.9. The zero-order chi connectivity index (χ0) is 12.1. The van der Waals surface area contributed by atoms with Crippen molar-refractivity contribution < 1.29 is 19.1 Å². The van der Waals surface area contributed by atoms with Gasteiger partial charge in [-0.05, 0) is 6.07 Å². The van der Waals surface area contributed by atoms with Crippen molar-refractivity contribution in [1.29, 1.82) is 0 Å². The van der Waals surface area contributed by atoms with Gasteiger partial charge in [0.15, 0.2) is 17.8 Å². The third-order valence-electron chi connectivity index (χ3n) is 1.99. The number of rotatable bonds is 4. The third-order valence-corrected chi connectivity index (χ3v) is 1.99. The summed E-state index contributed by atoms with van der Waals surface area (Å²) >= 11 is 0. The quantitative estimate of drug-likeness (QED) is 0.785. The number of aldehydes is 1. The molecule has 0 unspecified atom stereocenters. The minimum Gasteiger partial charge on any atom is -0.493 e. The Morgan fingerprint density at radius 2 is 1.81 bits per heavy atom. The molecule has 86 valence electrons. The Labute approximate surface area is 93.4 Å². The van der Waals surface area contributed by atoms with Crippen molar-refractivity contribution in [2.24, 2.45) is 0 Å². The van der Waals surface area contributed by atoms with Crippen LogP contribution in [0.2, 0.25) is 0 Å². The van der Waals surface area contributed by atoms with Crippen LogP contribution < -0.4 is 14.8 Å². The second-order valence-corrected chi connectivity index (χ2v) is 3.09. The molecule has 1 N–H and O–H groups in total. The van der Waals surface area contributed by atoms with E-state index < -0.39 is 0 Å². The van der Waals surface area contributed by atoms with E-state index >= 15 is 0 Å². The molecular formula is C11H13NO4. The number of methoxy groups -OCH3 is 2. The molecule has 16 heavy (non-hydrogen) atoms. The van der Waals surface area contributed by atoms with Crippen molar-refractivity contribution in [2.75, 3.05) is 19.5 Å². The first-order chi connectivity index (χ1) is 7.62. The normalized spacial score (nSPS) is 9.44. The summed E-state index contributed by atoms with van der Waals surface area (Å²) in [4.78, 5) is 21.8. The van der Waals surface area contributed by atoms with Crippen molar-refractivity contribution in [3.05, 3.63) is 17.7 Å². The fraction of sp³-hybridized carbons (Fsp3) is 0.273. The second kappa shape index (κ2) is 5.16. The molecule has 0 saturated carbocycles. The van der Waals surface area contributed by atoms with Gasteiger partial charge in [-0.1, -0.05) is 0 Å². The summed E-state index contributed by atoms with van der Waals surface area (Å²) in [5.74, 6) is 0.644. The summed E-state index contributed by atoms with van der Waals surface area (Å²) in [6, 6.07) is 3.06. The van der Waals surface area contributed by atoms with Gasteiger partial charge in [-0.25, -0.2) is 0 Å². The van der Waals surface area contributed by atoms with Gasteiger partial charge in [0.05, 0.1) is 19.9 Å². The highest BCUT2D eigenvalue weighted by atomic mass is 16.5. The van der Waals surface area contributed by atoms with Crippen LogP contribution in [-0.4, -0.2) is 26.4 Å². The average Bonchev–Trinajstić information content (AvgIpc) is 2.27. The van der Waals surface area contributed by atoms with E-state index in [1.807, 2.05) is 0 Å². The van der Waals surface area contributed by atoms with E-state index in [4.69, 9.17) is 9.47 Å². The molecule has 0 bridgehead atoms. The molecule has 1 aromatic rings. The zero-order valence-electron chi connectivity index (χ0n) is 9.37. The fourth-order valence-corrected chi connectivity index (χ4v) is 1.29. The van der Waals surface area contributed by atoms with E-state index in [1.165, 1.54) is 27.2 Å². The largest absolute Gasteiger partial charge is 0.493 e. The van der Waals surface area contributed by atoms with E-state index in [2.05, 4.69) is 5.32 Å². The SMILES string of the molecule is COc1cc(C=O)c(NC(C)=O)cc1OC. The number of carbonyl (C=O) groups is 2. The predicted molar refractivity (Wildman–Crippen MR) is 59.2 cm³/mol. The van der Waals surface area contributed by atoms with Crippen LogP contribution in [0.25, 0.3) is 0 Å². The smallest absolute Gasteiger partial charge is 0.221 e. The van der Waals surface area contributed by atoms with Gasteiger partial charge in [0.25, 0.3) is 0 Å². The van der Waals surface area contributed by atoms with Crippen LogP contribution in [0, 0.1) is 0 Å². The highest BCUT2D eigenvalue weighted by molar-refractivity contribution is 5.96. The van der Waals surface area contributed by atoms with Gasteiger partial charge in [-0.15, -0.1) is 0 Å². The first-order valence-corrected chi connectivity index (χ1v) is 4.61. The highest BCUT2D eigenvalue weighted by Gasteiger charge is 2.11. The summed E-state index contributed by atoms with van der Waals surface area (Å²) in [6.45, 7) is 1.37. The lowest BCUT2D eigenvalue weighted by atomic mass is 10.1. The molecule has 1 rings (SSSR count). The zero-order valence-corrected chi connectivity index (χ0v) is 9.37. The van der Waals surface area contributed by atoms with Crippen LogP contribution in [0.15, 0.2) is 12.1 Å². The Morgan fingerprint density at radius 3 is 2.25 bits per heavy atom. The molecule has 0 aromatic heterocycles. The van der Waals surface area contributed by atoms with Gasteiger partial charge < -0.3 is 14.8 Å². The Bertz CT molecular complexity index is 415. The van der Waals surface area contributed by atoms with Crippen LogP contribution in [0.3, 0.4) is 0 Å². The fourth-order valence-electron chi connectivity index (χ4n) is 1.29. The number of hydrogen-bond acceptors (Lipinski definition) is 4. The average molecular weight is 223 g/mol. The van der Waals surface area contributed by atoms with E-state index in [0.717, 1.165) is 0 Å². The lowest BCUT2D eigenvalue weighted by Gasteiger charge is -2.12. The number of hydrogen-bond donors (Lipinski definition) is 1. The summed E-state index contributed by atoms with van der Waals surface area (Å²) in [6.07, 6.45) is 0.646. The molecule has 0 fully saturated rings. The van der Waals surface area contributed by atoms with Gasteiger partial charge in [-0.3, -0.25) is 9.59 Å². The van der Waals surface area contributed by atoms with Crippen molar-refractivity contribution in [3.63, 3.8) is 0 Å². The molecule has 0 atom stereocenters. The van der Waals surface area contributed by atoms with E-state index in [0.29, 0.717) is 29.0 Å².